The van der Waals surface area contributed by atoms with Gasteiger partial charge in [0.05, 0.1) is 30.8 Å². The molecule has 6 heteroatoms. The van der Waals surface area contributed by atoms with Gasteiger partial charge in [-0.25, -0.2) is 0 Å². The first kappa shape index (κ1) is 17.9. The van der Waals surface area contributed by atoms with E-state index in [1.807, 2.05) is 0 Å². The quantitative estimate of drug-likeness (QED) is 0.688. The van der Waals surface area contributed by atoms with Crippen LogP contribution in [0.3, 0.4) is 0 Å². The maximum Gasteiger partial charge on any atom is 0.315 e. The molecule has 1 atom stereocenters. The van der Waals surface area contributed by atoms with Crippen molar-refractivity contribution in [3.8, 4) is 12.1 Å². The van der Waals surface area contributed by atoms with E-state index in [-0.39, 0.29) is 13.2 Å². The molecule has 0 aromatic heterocycles. The van der Waals surface area contributed by atoms with Gasteiger partial charge in [-0.3, -0.25) is 9.59 Å². The van der Waals surface area contributed by atoms with E-state index < -0.39 is 28.7 Å². The van der Waals surface area contributed by atoms with Crippen LogP contribution >= 0.6 is 0 Å². The molecule has 20 heavy (non-hydrogen) atoms. The van der Waals surface area contributed by atoms with Crippen LogP contribution < -0.4 is 0 Å². The van der Waals surface area contributed by atoms with Gasteiger partial charge < -0.3 is 9.47 Å². The zero-order valence-electron chi connectivity index (χ0n) is 12.5. The first-order chi connectivity index (χ1) is 9.23. The minimum atomic E-state index is -1.61. The zero-order chi connectivity index (χ0) is 16.0. The fourth-order valence-corrected chi connectivity index (χ4v) is 1.83. The van der Waals surface area contributed by atoms with Gasteiger partial charge in [0.15, 0.2) is 0 Å². The number of carbonyl (C=O) groups is 2. The first-order valence-corrected chi connectivity index (χ1v) is 6.37. The Balaban J connectivity index is 5.89. The Morgan fingerprint density at radius 2 is 1.40 bits per heavy atom. The molecule has 0 amide bonds. The molecule has 1 unspecified atom stereocenters. The Labute approximate surface area is 119 Å². The van der Waals surface area contributed by atoms with Gasteiger partial charge in [-0.05, 0) is 34.6 Å². The van der Waals surface area contributed by atoms with Gasteiger partial charge >= 0.3 is 11.9 Å². The zero-order valence-corrected chi connectivity index (χ0v) is 12.5. The maximum absolute atomic E-state index is 12.2. The molecule has 0 fully saturated rings. The monoisotopic (exact) mass is 280 g/mol. The van der Waals surface area contributed by atoms with E-state index in [1.54, 1.807) is 26.0 Å². The van der Waals surface area contributed by atoms with Crippen LogP contribution in [0, 0.1) is 39.4 Å². The topological polar surface area (TPSA) is 100 Å². The highest BCUT2D eigenvalue weighted by atomic mass is 16.5. The van der Waals surface area contributed by atoms with Gasteiger partial charge in [0.1, 0.15) is 11.3 Å². The van der Waals surface area contributed by atoms with Crippen LogP contribution in [-0.4, -0.2) is 25.2 Å². The molecule has 0 aromatic rings. The molecule has 0 aliphatic heterocycles. The molecule has 0 radical (unpaired) electrons. The molecule has 6 nitrogen and oxygen atoms in total. The average molecular weight is 280 g/mol. The standard InChI is InChI=1S/C14H20N2O4/c1-6-19-11(17)13(3,4)14(5,10(8-15)9-16)12(18)20-7-2/h10H,6-7H2,1-5H3. The van der Waals surface area contributed by atoms with Crippen LogP contribution in [-0.2, 0) is 19.1 Å². The van der Waals surface area contributed by atoms with E-state index in [0.717, 1.165) is 0 Å². The van der Waals surface area contributed by atoms with Crippen LogP contribution in [0.5, 0.6) is 0 Å². The fraction of sp³-hybridized carbons (Fsp3) is 0.714. The Bertz CT molecular complexity index is 445. The van der Waals surface area contributed by atoms with Crippen molar-refractivity contribution in [2.75, 3.05) is 13.2 Å². The second-order valence-corrected chi connectivity index (χ2v) is 4.96. The minimum Gasteiger partial charge on any atom is -0.466 e. The second-order valence-electron chi connectivity index (χ2n) is 4.96. The lowest BCUT2D eigenvalue weighted by atomic mass is 9.60. The van der Waals surface area contributed by atoms with Gasteiger partial charge in [0.2, 0.25) is 0 Å². The summed E-state index contributed by atoms with van der Waals surface area (Å²) in [4.78, 5) is 24.4. The SMILES string of the molecule is CCOC(=O)C(C)(C)C(C)(C(=O)OCC)C(C#N)C#N. The summed E-state index contributed by atoms with van der Waals surface area (Å²) in [6, 6.07) is 3.53. The van der Waals surface area contributed by atoms with Crippen molar-refractivity contribution in [2.45, 2.75) is 34.6 Å². The largest absolute Gasteiger partial charge is 0.466 e. The molecular formula is C14H20N2O4. The molecule has 0 saturated heterocycles. The molecule has 0 N–H and O–H groups in total. The highest BCUT2D eigenvalue weighted by Gasteiger charge is 2.59. The molecule has 0 spiro atoms. The van der Waals surface area contributed by atoms with Crippen molar-refractivity contribution in [2.24, 2.45) is 16.7 Å². The van der Waals surface area contributed by atoms with Crippen molar-refractivity contribution >= 4 is 11.9 Å². The minimum absolute atomic E-state index is 0.0942. The number of rotatable bonds is 6. The lowest BCUT2D eigenvalue weighted by Gasteiger charge is -2.40. The van der Waals surface area contributed by atoms with Crippen molar-refractivity contribution in [3.05, 3.63) is 0 Å². The normalized spacial score (nSPS) is 13.8. The molecule has 0 rings (SSSR count). The molecule has 0 saturated carbocycles. The summed E-state index contributed by atoms with van der Waals surface area (Å²) in [5, 5.41) is 18.2. The van der Waals surface area contributed by atoms with E-state index in [2.05, 4.69) is 0 Å². The third kappa shape index (κ3) is 2.91. The van der Waals surface area contributed by atoms with Crippen LogP contribution in [0.15, 0.2) is 0 Å². The number of ether oxygens (including phenoxy) is 2. The van der Waals surface area contributed by atoms with Gasteiger partial charge in [0, 0.05) is 0 Å². The molecule has 110 valence electrons. The molecule has 0 aliphatic rings. The fourth-order valence-electron chi connectivity index (χ4n) is 1.83. The number of nitrogens with zero attached hydrogens (tertiary/aromatic N) is 2. The van der Waals surface area contributed by atoms with Crippen LogP contribution in [0.4, 0.5) is 0 Å². The van der Waals surface area contributed by atoms with Crippen molar-refractivity contribution < 1.29 is 19.1 Å². The van der Waals surface area contributed by atoms with Crippen molar-refractivity contribution in [1.29, 1.82) is 10.5 Å². The van der Waals surface area contributed by atoms with E-state index in [1.165, 1.54) is 20.8 Å². The Morgan fingerprint density at radius 3 is 1.75 bits per heavy atom. The second kappa shape index (κ2) is 6.91. The number of carbonyl (C=O) groups excluding carboxylic acids is 2. The molecule has 0 heterocycles. The summed E-state index contributed by atoms with van der Waals surface area (Å²) in [5.41, 5.74) is -2.98. The number of hydrogen-bond acceptors (Lipinski definition) is 6. The Kier molecular flexibility index (Phi) is 6.19. The Morgan fingerprint density at radius 1 is 1.00 bits per heavy atom. The molecule has 0 aromatic carbocycles. The van der Waals surface area contributed by atoms with E-state index in [0.29, 0.717) is 0 Å². The van der Waals surface area contributed by atoms with Gasteiger partial charge in [-0.2, -0.15) is 10.5 Å². The van der Waals surface area contributed by atoms with Crippen molar-refractivity contribution in [1.82, 2.24) is 0 Å². The first-order valence-electron chi connectivity index (χ1n) is 6.37. The number of hydrogen-bond donors (Lipinski definition) is 0. The summed E-state index contributed by atoms with van der Waals surface area (Å²) in [5.74, 6) is -2.72. The van der Waals surface area contributed by atoms with Crippen LogP contribution in [0.25, 0.3) is 0 Å². The number of esters is 2. The predicted molar refractivity (Wildman–Crippen MR) is 69.9 cm³/mol. The lowest BCUT2D eigenvalue weighted by Crippen LogP contribution is -2.52. The van der Waals surface area contributed by atoms with Crippen LogP contribution in [0.1, 0.15) is 34.6 Å². The summed E-state index contributed by atoms with van der Waals surface area (Å²) < 4.78 is 9.91. The predicted octanol–water partition coefficient (Wildman–Crippen LogP) is 1.81. The third-order valence-electron chi connectivity index (χ3n) is 3.62. The van der Waals surface area contributed by atoms with Gasteiger partial charge in [-0.15, -0.1) is 0 Å². The Hall–Kier alpha value is -2.08. The lowest BCUT2D eigenvalue weighted by molar-refractivity contribution is -0.178. The number of nitriles is 2. The van der Waals surface area contributed by atoms with Crippen LogP contribution in [0.2, 0.25) is 0 Å². The molecule has 0 aliphatic carbocycles. The summed E-state index contributed by atoms with van der Waals surface area (Å²) >= 11 is 0. The summed E-state index contributed by atoms with van der Waals surface area (Å²) in [6.07, 6.45) is 0. The maximum atomic E-state index is 12.2. The van der Waals surface area contributed by atoms with E-state index >= 15 is 0 Å². The van der Waals surface area contributed by atoms with E-state index in [9.17, 15) is 9.59 Å². The summed E-state index contributed by atoms with van der Waals surface area (Å²) in [6.45, 7) is 7.83. The van der Waals surface area contributed by atoms with E-state index in [4.69, 9.17) is 20.0 Å². The highest BCUT2D eigenvalue weighted by Crippen LogP contribution is 2.46. The van der Waals surface area contributed by atoms with Gasteiger partial charge in [-0.1, -0.05) is 0 Å². The summed E-state index contributed by atoms with van der Waals surface area (Å²) in [7, 11) is 0. The van der Waals surface area contributed by atoms with Crippen molar-refractivity contribution in [3.63, 3.8) is 0 Å². The smallest absolute Gasteiger partial charge is 0.315 e. The molecular weight excluding hydrogens is 260 g/mol. The average Bonchev–Trinajstić information content (AvgIpc) is 2.39. The third-order valence-corrected chi connectivity index (χ3v) is 3.62. The molecule has 0 bridgehead atoms. The highest BCUT2D eigenvalue weighted by molar-refractivity contribution is 5.88. The van der Waals surface area contributed by atoms with Gasteiger partial charge in [0.25, 0.3) is 0 Å².